The number of ether oxygens (including phenoxy) is 1. The number of anilines is 1. The Hall–Kier alpha value is -3.34. The van der Waals surface area contributed by atoms with Crippen LogP contribution in [0.5, 0.6) is 5.75 Å². The van der Waals surface area contributed by atoms with Crippen molar-refractivity contribution in [2.45, 2.75) is 30.3 Å². The lowest BCUT2D eigenvalue weighted by Gasteiger charge is -2.28. The third-order valence-electron chi connectivity index (χ3n) is 6.17. The standard InChI is InChI=1S/C26H24FN3O4S2/c1-34-20-10-12-21(13-11-20)36(32,33)30-15-5-8-23(30)25(31)29(17-18-6-3-2-4-7-18)26-28-22-14-9-19(27)16-24(22)35-26/h2-4,6-7,9-14,16,23H,5,8,15,17H2,1H3. The Morgan fingerprint density at radius 3 is 2.61 bits per heavy atom. The van der Waals surface area contributed by atoms with E-state index in [9.17, 15) is 17.6 Å². The molecule has 0 spiro atoms. The van der Waals surface area contributed by atoms with Crippen molar-refractivity contribution in [1.29, 1.82) is 0 Å². The van der Waals surface area contributed by atoms with Gasteiger partial charge in [0.25, 0.3) is 0 Å². The number of carbonyl (C=O) groups is 1. The number of methoxy groups -OCH3 is 1. The first kappa shape index (κ1) is 24.4. The zero-order valence-corrected chi connectivity index (χ0v) is 21.1. The van der Waals surface area contributed by atoms with Gasteiger partial charge in [0.05, 0.1) is 28.8 Å². The fourth-order valence-corrected chi connectivity index (χ4v) is 6.99. The number of fused-ring (bicyclic) bond motifs is 1. The molecule has 1 aliphatic heterocycles. The number of benzene rings is 3. The number of sulfonamides is 1. The first-order valence-corrected chi connectivity index (χ1v) is 13.7. The van der Waals surface area contributed by atoms with Crippen molar-refractivity contribution in [3.05, 3.63) is 84.2 Å². The average Bonchev–Trinajstić information content (AvgIpc) is 3.55. The van der Waals surface area contributed by atoms with Crippen molar-refractivity contribution in [3.63, 3.8) is 0 Å². The van der Waals surface area contributed by atoms with Gasteiger partial charge in [-0.2, -0.15) is 4.31 Å². The molecule has 36 heavy (non-hydrogen) atoms. The van der Waals surface area contributed by atoms with Crippen molar-refractivity contribution >= 4 is 42.6 Å². The molecule has 0 bridgehead atoms. The number of amides is 1. The van der Waals surface area contributed by atoms with E-state index in [2.05, 4.69) is 4.98 Å². The first-order chi connectivity index (χ1) is 17.4. The minimum Gasteiger partial charge on any atom is -0.497 e. The largest absolute Gasteiger partial charge is 0.497 e. The number of aromatic nitrogens is 1. The van der Waals surface area contributed by atoms with Gasteiger partial charge in [-0.3, -0.25) is 9.69 Å². The molecule has 10 heteroatoms. The van der Waals surface area contributed by atoms with E-state index in [1.54, 1.807) is 18.2 Å². The summed E-state index contributed by atoms with van der Waals surface area (Å²) in [6.07, 6.45) is 0.967. The number of rotatable bonds is 7. The van der Waals surface area contributed by atoms with Crippen LogP contribution in [0.2, 0.25) is 0 Å². The molecule has 0 N–H and O–H groups in total. The van der Waals surface area contributed by atoms with Gasteiger partial charge in [0.2, 0.25) is 15.9 Å². The molecule has 3 aromatic carbocycles. The number of carbonyl (C=O) groups excluding carboxylic acids is 1. The van der Waals surface area contributed by atoms with E-state index in [-0.39, 0.29) is 29.7 Å². The molecule has 1 fully saturated rings. The zero-order chi connectivity index (χ0) is 25.3. The minimum atomic E-state index is -3.91. The zero-order valence-electron chi connectivity index (χ0n) is 19.5. The van der Waals surface area contributed by atoms with Gasteiger partial charge < -0.3 is 4.74 Å². The lowest BCUT2D eigenvalue weighted by molar-refractivity contribution is -0.121. The van der Waals surface area contributed by atoms with Gasteiger partial charge in [-0.25, -0.2) is 17.8 Å². The Morgan fingerprint density at radius 2 is 1.89 bits per heavy atom. The summed E-state index contributed by atoms with van der Waals surface area (Å²) < 4.78 is 47.8. The molecule has 0 aliphatic carbocycles. The van der Waals surface area contributed by atoms with Crippen molar-refractivity contribution < 1.29 is 22.3 Å². The Balaban J connectivity index is 1.51. The minimum absolute atomic E-state index is 0.105. The van der Waals surface area contributed by atoms with Crippen LogP contribution in [0.1, 0.15) is 18.4 Å². The monoisotopic (exact) mass is 525 g/mol. The van der Waals surface area contributed by atoms with E-state index in [1.807, 2.05) is 30.3 Å². The Labute approximate surface area is 212 Å². The maximum Gasteiger partial charge on any atom is 0.247 e. The fraction of sp³-hybridized carbons (Fsp3) is 0.231. The number of thiazole rings is 1. The van der Waals surface area contributed by atoms with Gasteiger partial charge in [-0.05, 0) is 60.9 Å². The molecular weight excluding hydrogens is 501 g/mol. The fourth-order valence-electron chi connectivity index (χ4n) is 4.35. The van der Waals surface area contributed by atoms with Crippen LogP contribution in [0.25, 0.3) is 10.2 Å². The smallest absolute Gasteiger partial charge is 0.247 e. The molecule has 0 radical (unpaired) electrons. The number of nitrogens with zero attached hydrogens (tertiary/aromatic N) is 3. The van der Waals surface area contributed by atoms with Crippen LogP contribution < -0.4 is 9.64 Å². The normalized spacial score (nSPS) is 16.3. The Kier molecular flexibility index (Phi) is 6.74. The summed E-state index contributed by atoms with van der Waals surface area (Å²) in [6.45, 7) is 0.462. The molecule has 7 nitrogen and oxygen atoms in total. The lowest BCUT2D eigenvalue weighted by Crippen LogP contribution is -2.47. The van der Waals surface area contributed by atoms with Crippen LogP contribution >= 0.6 is 11.3 Å². The summed E-state index contributed by atoms with van der Waals surface area (Å²) >= 11 is 1.21. The van der Waals surface area contributed by atoms with E-state index in [0.29, 0.717) is 33.9 Å². The van der Waals surface area contributed by atoms with E-state index >= 15 is 0 Å². The van der Waals surface area contributed by atoms with Crippen molar-refractivity contribution in [2.75, 3.05) is 18.6 Å². The number of hydrogen-bond acceptors (Lipinski definition) is 6. The van der Waals surface area contributed by atoms with E-state index in [1.165, 1.54) is 51.9 Å². The number of hydrogen-bond donors (Lipinski definition) is 0. The van der Waals surface area contributed by atoms with Crippen LogP contribution in [0.4, 0.5) is 9.52 Å². The molecule has 1 amide bonds. The van der Waals surface area contributed by atoms with Crippen LogP contribution in [-0.4, -0.2) is 43.3 Å². The highest BCUT2D eigenvalue weighted by molar-refractivity contribution is 7.89. The molecule has 186 valence electrons. The van der Waals surface area contributed by atoms with Gasteiger partial charge in [0, 0.05) is 6.54 Å². The molecule has 4 aromatic rings. The van der Waals surface area contributed by atoms with Gasteiger partial charge >= 0.3 is 0 Å². The molecule has 1 atom stereocenters. The second kappa shape index (κ2) is 9.96. The predicted molar refractivity (Wildman–Crippen MR) is 137 cm³/mol. The van der Waals surface area contributed by atoms with Crippen LogP contribution in [0.15, 0.2) is 77.7 Å². The molecule has 1 unspecified atom stereocenters. The molecule has 1 saturated heterocycles. The van der Waals surface area contributed by atoms with Gasteiger partial charge in [-0.15, -0.1) is 0 Å². The maximum absolute atomic E-state index is 14.0. The maximum atomic E-state index is 14.0. The van der Waals surface area contributed by atoms with Crippen molar-refractivity contribution in [1.82, 2.24) is 9.29 Å². The molecule has 2 heterocycles. The van der Waals surface area contributed by atoms with Crippen LogP contribution in [-0.2, 0) is 21.4 Å². The third kappa shape index (κ3) is 4.71. The third-order valence-corrected chi connectivity index (χ3v) is 9.14. The SMILES string of the molecule is COc1ccc(S(=O)(=O)N2CCCC2C(=O)N(Cc2ccccc2)c2nc3ccc(F)cc3s2)cc1. The summed E-state index contributed by atoms with van der Waals surface area (Å²) in [5.74, 6) is -0.191. The topological polar surface area (TPSA) is 79.8 Å². The number of halogens is 1. The summed E-state index contributed by atoms with van der Waals surface area (Å²) in [6, 6.07) is 19.0. The van der Waals surface area contributed by atoms with E-state index in [0.717, 1.165) is 5.56 Å². The van der Waals surface area contributed by atoms with Crippen molar-refractivity contribution in [3.8, 4) is 5.75 Å². The highest BCUT2D eigenvalue weighted by Gasteiger charge is 2.42. The second-order valence-corrected chi connectivity index (χ2v) is 11.4. The Morgan fingerprint density at radius 1 is 1.14 bits per heavy atom. The summed E-state index contributed by atoms with van der Waals surface area (Å²) in [7, 11) is -2.40. The molecule has 1 aromatic heterocycles. The van der Waals surface area contributed by atoms with Crippen LogP contribution in [0.3, 0.4) is 0 Å². The highest BCUT2D eigenvalue weighted by Crippen LogP contribution is 2.34. The Bertz CT molecular complexity index is 1490. The van der Waals surface area contributed by atoms with Gasteiger partial charge in [-0.1, -0.05) is 41.7 Å². The van der Waals surface area contributed by atoms with Crippen LogP contribution in [0, 0.1) is 5.82 Å². The van der Waals surface area contributed by atoms with Gasteiger partial charge in [0.15, 0.2) is 5.13 Å². The van der Waals surface area contributed by atoms with Gasteiger partial charge in [0.1, 0.15) is 17.6 Å². The molecule has 1 aliphatic rings. The second-order valence-electron chi connectivity index (χ2n) is 8.47. The average molecular weight is 526 g/mol. The van der Waals surface area contributed by atoms with E-state index < -0.39 is 16.1 Å². The summed E-state index contributed by atoms with van der Waals surface area (Å²) in [5, 5.41) is 0.401. The summed E-state index contributed by atoms with van der Waals surface area (Å²) in [4.78, 5) is 20.2. The lowest BCUT2D eigenvalue weighted by atomic mass is 10.1. The molecular formula is C26H24FN3O4S2. The molecule has 5 rings (SSSR count). The summed E-state index contributed by atoms with van der Waals surface area (Å²) in [5.41, 5.74) is 1.45. The molecule has 0 saturated carbocycles. The predicted octanol–water partition coefficient (Wildman–Crippen LogP) is 4.83. The quantitative estimate of drug-likeness (QED) is 0.345. The van der Waals surface area contributed by atoms with E-state index in [4.69, 9.17) is 4.74 Å². The van der Waals surface area contributed by atoms with Crippen molar-refractivity contribution in [2.24, 2.45) is 0 Å². The first-order valence-electron chi connectivity index (χ1n) is 11.4. The highest BCUT2D eigenvalue weighted by atomic mass is 32.2.